The van der Waals surface area contributed by atoms with Gasteiger partial charge in [-0.3, -0.25) is 9.48 Å². The number of carbonyl (C=O) groups is 1. The molecule has 1 aromatic rings. The number of rotatable bonds is 4. The summed E-state index contributed by atoms with van der Waals surface area (Å²) in [5.74, 6) is 1.37. The molecule has 1 aliphatic heterocycles. The zero-order valence-electron chi connectivity index (χ0n) is 13.7. The molecule has 22 heavy (non-hydrogen) atoms. The van der Waals surface area contributed by atoms with Crippen LogP contribution in [-0.2, 0) is 11.8 Å². The summed E-state index contributed by atoms with van der Waals surface area (Å²) in [6, 6.07) is 0.380. The van der Waals surface area contributed by atoms with Crippen LogP contribution in [0.15, 0.2) is 12.4 Å². The molecular weight excluding hydrogens is 276 g/mol. The number of nitrogens with one attached hydrogen (secondary N) is 2. The summed E-state index contributed by atoms with van der Waals surface area (Å²) in [4.78, 5) is 12.7. The van der Waals surface area contributed by atoms with E-state index in [4.69, 9.17) is 0 Å². The molecular formula is C17H28N4O. The van der Waals surface area contributed by atoms with Crippen LogP contribution in [0.2, 0.25) is 0 Å². The van der Waals surface area contributed by atoms with Crippen LogP contribution in [0.25, 0.3) is 0 Å². The van der Waals surface area contributed by atoms with Crippen molar-refractivity contribution in [2.75, 3.05) is 13.1 Å². The van der Waals surface area contributed by atoms with Gasteiger partial charge in [-0.2, -0.15) is 5.10 Å². The molecule has 5 nitrogen and oxygen atoms in total. The number of nitrogens with zero attached hydrogens (tertiary/aromatic N) is 2. The van der Waals surface area contributed by atoms with E-state index in [1.807, 2.05) is 24.1 Å². The van der Waals surface area contributed by atoms with Crippen LogP contribution >= 0.6 is 0 Å². The molecule has 1 aromatic heterocycles. The predicted molar refractivity (Wildman–Crippen MR) is 86.5 cm³/mol. The average Bonchev–Trinajstić information content (AvgIpc) is 3.16. The minimum absolute atomic E-state index is 0.0353. The van der Waals surface area contributed by atoms with Crippen molar-refractivity contribution in [3.63, 3.8) is 0 Å². The number of aryl methyl sites for hydroxylation is 1. The second-order valence-electron chi connectivity index (χ2n) is 6.95. The molecule has 2 heterocycles. The van der Waals surface area contributed by atoms with Crippen molar-refractivity contribution >= 4 is 5.91 Å². The predicted octanol–water partition coefficient (Wildman–Crippen LogP) is 1.81. The Balaban J connectivity index is 1.57. The molecule has 2 fully saturated rings. The van der Waals surface area contributed by atoms with E-state index >= 15 is 0 Å². The second-order valence-corrected chi connectivity index (χ2v) is 6.95. The molecule has 122 valence electrons. The van der Waals surface area contributed by atoms with Crippen LogP contribution in [-0.4, -0.2) is 34.8 Å². The van der Waals surface area contributed by atoms with Gasteiger partial charge in [0.25, 0.3) is 0 Å². The number of carbonyl (C=O) groups excluding carboxylic acids is 1. The summed E-state index contributed by atoms with van der Waals surface area (Å²) in [6.07, 6.45) is 10.0. The zero-order chi connectivity index (χ0) is 15.5. The number of hydrogen-bond acceptors (Lipinski definition) is 3. The summed E-state index contributed by atoms with van der Waals surface area (Å²) in [6.45, 7) is 3.91. The highest BCUT2D eigenvalue weighted by Gasteiger charge is 2.35. The molecule has 2 N–H and O–H groups in total. The first kappa shape index (κ1) is 15.5. The molecule has 5 heteroatoms. The van der Waals surface area contributed by atoms with Gasteiger partial charge < -0.3 is 10.6 Å². The van der Waals surface area contributed by atoms with E-state index in [2.05, 4.69) is 22.7 Å². The number of amides is 1. The third-order valence-electron chi connectivity index (χ3n) is 5.47. The highest BCUT2D eigenvalue weighted by molar-refractivity contribution is 5.80. The van der Waals surface area contributed by atoms with Crippen LogP contribution in [0, 0.1) is 11.8 Å². The molecule has 3 rings (SSSR count). The lowest BCUT2D eigenvalue weighted by atomic mass is 9.84. The fourth-order valence-electron chi connectivity index (χ4n) is 3.96. The highest BCUT2D eigenvalue weighted by Crippen LogP contribution is 2.30. The van der Waals surface area contributed by atoms with Crippen molar-refractivity contribution in [1.82, 2.24) is 20.4 Å². The minimum Gasteiger partial charge on any atom is -0.353 e. The third-order valence-corrected chi connectivity index (χ3v) is 5.47. The molecule has 1 saturated carbocycles. The highest BCUT2D eigenvalue weighted by atomic mass is 16.2. The topological polar surface area (TPSA) is 59.0 Å². The van der Waals surface area contributed by atoms with Gasteiger partial charge in [-0.25, -0.2) is 0 Å². The van der Waals surface area contributed by atoms with E-state index < -0.39 is 0 Å². The molecule has 0 spiro atoms. The molecule has 0 radical (unpaired) electrons. The van der Waals surface area contributed by atoms with Crippen molar-refractivity contribution in [2.24, 2.45) is 18.9 Å². The molecule has 2 atom stereocenters. The van der Waals surface area contributed by atoms with Crippen LogP contribution in [0.5, 0.6) is 0 Å². The number of hydrogen-bond donors (Lipinski definition) is 2. The van der Waals surface area contributed by atoms with Crippen LogP contribution in [0.4, 0.5) is 0 Å². The Kier molecular flexibility index (Phi) is 4.81. The fraction of sp³-hybridized carbons (Fsp3) is 0.765. The molecule has 1 aliphatic carbocycles. The van der Waals surface area contributed by atoms with Gasteiger partial charge in [0, 0.05) is 38.3 Å². The van der Waals surface area contributed by atoms with Crippen LogP contribution in [0.3, 0.4) is 0 Å². The molecule has 1 saturated heterocycles. The third kappa shape index (κ3) is 3.35. The summed E-state index contributed by atoms with van der Waals surface area (Å²) in [7, 11) is 1.92. The Morgan fingerprint density at radius 2 is 2.14 bits per heavy atom. The Bertz CT molecular complexity index is 505. The van der Waals surface area contributed by atoms with Crippen molar-refractivity contribution in [1.29, 1.82) is 0 Å². The largest absolute Gasteiger partial charge is 0.353 e. The maximum Gasteiger partial charge on any atom is 0.225 e. The summed E-state index contributed by atoms with van der Waals surface area (Å²) in [5.41, 5.74) is 1.17. The zero-order valence-corrected chi connectivity index (χ0v) is 13.7. The first-order chi connectivity index (χ1) is 10.7. The lowest BCUT2D eigenvalue weighted by Gasteiger charge is -2.29. The van der Waals surface area contributed by atoms with E-state index in [1.165, 1.54) is 24.8 Å². The molecule has 0 unspecified atom stereocenters. The van der Waals surface area contributed by atoms with Gasteiger partial charge in [0.15, 0.2) is 0 Å². The Labute approximate surface area is 132 Å². The number of aromatic nitrogens is 2. The SMILES string of the molecule is CCC1CCC(NC(=O)[C@H]2CNC[C@@H]2c2cnn(C)c2)CC1. The Morgan fingerprint density at radius 1 is 1.36 bits per heavy atom. The normalized spacial score (nSPS) is 32.1. The summed E-state index contributed by atoms with van der Waals surface area (Å²) >= 11 is 0. The van der Waals surface area contributed by atoms with Crippen molar-refractivity contribution < 1.29 is 4.79 Å². The van der Waals surface area contributed by atoms with E-state index in [-0.39, 0.29) is 17.7 Å². The summed E-state index contributed by atoms with van der Waals surface area (Å²) < 4.78 is 1.81. The monoisotopic (exact) mass is 304 g/mol. The molecule has 0 bridgehead atoms. The van der Waals surface area contributed by atoms with E-state index in [1.54, 1.807) is 0 Å². The van der Waals surface area contributed by atoms with Gasteiger partial charge in [0.05, 0.1) is 12.1 Å². The second kappa shape index (κ2) is 6.82. The van der Waals surface area contributed by atoms with Gasteiger partial charge in [0.2, 0.25) is 5.91 Å². The first-order valence-electron chi connectivity index (χ1n) is 8.67. The Morgan fingerprint density at radius 3 is 2.77 bits per heavy atom. The van der Waals surface area contributed by atoms with Gasteiger partial charge in [-0.1, -0.05) is 13.3 Å². The molecule has 0 aromatic carbocycles. The maximum absolute atomic E-state index is 12.7. The first-order valence-corrected chi connectivity index (χ1v) is 8.67. The lowest BCUT2D eigenvalue weighted by molar-refractivity contribution is -0.125. The molecule has 1 amide bonds. The Hall–Kier alpha value is -1.36. The minimum atomic E-state index is 0.0353. The molecule has 2 aliphatic rings. The van der Waals surface area contributed by atoms with E-state index in [0.717, 1.165) is 31.8 Å². The standard InChI is InChI=1S/C17H28N4O/c1-3-12-4-6-14(7-5-12)20-17(22)16-10-18-9-15(16)13-8-19-21(2)11-13/h8,11-12,14-16,18H,3-7,9-10H2,1-2H3,(H,20,22)/t12?,14?,15-,16+/m1/s1. The van der Waals surface area contributed by atoms with Crippen LogP contribution in [0.1, 0.15) is 50.5 Å². The van der Waals surface area contributed by atoms with Gasteiger partial charge in [-0.05, 0) is 37.2 Å². The maximum atomic E-state index is 12.7. The smallest absolute Gasteiger partial charge is 0.225 e. The van der Waals surface area contributed by atoms with Crippen molar-refractivity contribution in [2.45, 2.75) is 51.0 Å². The average molecular weight is 304 g/mol. The van der Waals surface area contributed by atoms with Gasteiger partial charge in [-0.15, -0.1) is 0 Å². The van der Waals surface area contributed by atoms with Gasteiger partial charge >= 0.3 is 0 Å². The summed E-state index contributed by atoms with van der Waals surface area (Å²) in [5, 5.41) is 10.9. The van der Waals surface area contributed by atoms with Crippen molar-refractivity contribution in [3.8, 4) is 0 Å². The quantitative estimate of drug-likeness (QED) is 0.892. The van der Waals surface area contributed by atoms with Crippen LogP contribution < -0.4 is 10.6 Å². The van der Waals surface area contributed by atoms with Crippen molar-refractivity contribution in [3.05, 3.63) is 18.0 Å². The van der Waals surface area contributed by atoms with E-state index in [0.29, 0.717) is 6.04 Å². The lowest BCUT2D eigenvalue weighted by Crippen LogP contribution is -2.42. The fourth-order valence-corrected chi connectivity index (χ4v) is 3.96. The van der Waals surface area contributed by atoms with Gasteiger partial charge in [0.1, 0.15) is 0 Å². The van der Waals surface area contributed by atoms with E-state index in [9.17, 15) is 4.79 Å².